The van der Waals surface area contributed by atoms with E-state index in [4.69, 9.17) is 19.0 Å². The zero-order valence-electron chi connectivity index (χ0n) is 10.1. The highest BCUT2D eigenvalue weighted by molar-refractivity contribution is 7.57. The van der Waals surface area contributed by atoms with Crippen molar-refractivity contribution in [2.24, 2.45) is 0 Å². The Morgan fingerprint density at radius 3 is 2.89 bits per heavy atom. The number of ether oxygens (including phenoxy) is 1. The first-order valence-electron chi connectivity index (χ1n) is 5.65. The third-order valence-electron chi connectivity index (χ3n) is 2.71. The van der Waals surface area contributed by atoms with Crippen molar-refractivity contribution in [3.63, 3.8) is 0 Å². The Bertz CT molecular complexity index is 603. The molecule has 0 unspecified atom stereocenters. The average molecular weight is 290 g/mol. The standard InChI is InChI=1S/C10H15N2O6P/c1-19(15,16)17-6-7-2-3-9(18-7)12-5-4-8(13)11-10(12)14/h4-5,7,9,15-16H,1-3,6H2,(H,11,13,14)/t7-,9+/m0/s1. The van der Waals surface area contributed by atoms with Gasteiger partial charge in [0, 0.05) is 12.3 Å². The van der Waals surface area contributed by atoms with Crippen LogP contribution in [0.5, 0.6) is 0 Å². The molecular formula is C10H15N2O6P. The number of H-pyrrole nitrogens is 1. The van der Waals surface area contributed by atoms with Crippen molar-refractivity contribution in [1.29, 1.82) is 0 Å². The SMILES string of the molecule is C=P(O)(O)OC[C@@H]1CC[C@H](n2ccc(=O)[nH]c2=O)O1. The van der Waals surface area contributed by atoms with Crippen LogP contribution in [-0.4, -0.2) is 38.3 Å². The molecule has 2 rings (SSSR count). The van der Waals surface area contributed by atoms with Gasteiger partial charge in [0.2, 0.25) is 7.57 Å². The molecule has 1 saturated heterocycles. The number of rotatable bonds is 4. The zero-order valence-corrected chi connectivity index (χ0v) is 11.0. The summed E-state index contributed by atoms with van der Waals surface area (Å²) in [5, 5.41) is 0. The monoisotopic (exact) mass is 290 g/mol. The molecule has 2 heterocycles. The molecule has 3 N–H and O–H groups in total. The lowest BCUT2D eigenvalue weighted by atomic mass is 10.2. The fraction of sp³-hybridized carbons (Fsp3) is 0.500. The van der Waals surface area contributed by atoms with Crippen molar-refractivity contribution in [3.8, 4) is 0 Å². The van der Waals surface area contributed by atoms with Crippen molar-refractivity contribution in [1.82, 2.24) is 9.55 Å². The molecule has 106 valence electrons. The summed E-state index contributed by atoms with van der Waals surface area (Å²) in [7, 11) is -3.52. The molecule has 1 fully saturated rings. The Hall–Kier alpha value is -1.18. The number of hydrogen-bond donors (Lipinski definition) is 3. The summed E-state index contributed by atoms with van der Waals surface area (Å²) in [6.45, 7) is -0.00111. The predicted molar refractivity (Wildman–Crippen MR) is 68.9 cm³/mol. The van der Waals surface area contributed by atoms with Crippen LogP contribution in [0.15, 0.2) is 21.9 Å². The summed E-state index contributed by atoms with van der Waals surface area (Å²) in [6, 6.07) is 1.24. The molecule has 0 spiro atoms. The van der Waals surface area contributed by atoms with E-state index >= 15 is 0 Å². The molecule has 1 aliphatic heterocycles. The Kier molecular flexibility index (Phi) is 4.07. The fourth-order valence-electron chi connectivity index (χ4n) is 1.87. The van der Waals surface area contributed by atoms with E-state index in [1.165, 1.54) is 16.8 Å². The first kappa shape index (κ1) is 14.2. The van der Waals surface area contributed by atoms with Gasteiger partial charge in [0.05, 0.1) is 12.7 Å². The molecule has 2 atom stereocenters. The quantitative estimate of drug-likeness (QED) is 0.639. The van der Waals surface area contributed by atoms with E-state index in [-0.39, 0.29) is 12.7 Å². The number of aromatic nitrogens is 2. The lowest BCUT2D eigenvalue weighted by molar-refractivity contribution is -0.0219. The van der Waals surface area contributed by atoms with Gasteiger partial charge < -0.3 is 19.0 Å². The van der Waals surface area contributed by atoms with E-state index in [2.05, 4.69) is 11.3 Å². The molecule has 1 aliphatic rings. The maximum atomic E-state index is 11.6. The zero-order chi connectivity index (χ0) is 14.0. The van der Waals surface area contributed by atoms with Gasteiger partial charge in [0.15, 0.2) is 0 Å². The summed E-state index contributed by atoms with van der Waals surface area (Å²) in [5.74, 6) is 0. The van der Waals surface area contributed by atoms with Crippen molar-refractivity contribution in [3.05, 3.63) is 33.1 Å². The Labute approximate surface area is 108 Å². The average Bonchev–Trinajstić information content (AvgIpc) is 2.74. The van der Waals surface area contributed by atoms with Gasteiger partial charge in [-0.15, -0.1) is 0 Å². The molecule has 8 nitrogen and oxygen atoms in total. The largest absolute Gasteiger partial charge is 0.352 e. The van der Waals surface area contributed by atoms with E-state index in [1.807, 2.05) is 0 Å². The highest BCUT2D eigenvalue weighted by Crippen LogP contribution is 2.37. The normalized spacial score (nSPS) is 23.7. The molecule has 0 radical (unpaired) electrons. The minimum Gasteiger partial charge on any atom is -0.352 e. The lowest BCUT2D eigenvalue weighted by Crippen LogP contribution is -2.31. The van der Waals surface area contributed by atoms with Crippen LogP contribution < -0.4 is 11.2 Å². The summed E-state index contributed by atoms with van der Waals surface area (Å²) >= 11 is 0. The molecule has 0 amide bonds. The van der Waals surface area contributed by atoms with Gasteiger partial charge in [0.25, 0.3) is 5.56 Å². The second-order valence-corrected chi connectivity index (χ2v) is 5.86. The van der Waals surface area contributed by atoms with Gasteiger partial charge in [-0.2, -0.15) is 0 Å². The van der Waals surface area contributed by atoms with Crippen LogP contribution in [0.2, 0.25) is 0 Å². The van der Waals surface area contributed by atoms with Crippen molar-refractivity contribution >= 4 is 13.9 Å². The third kappa shape index (κ3) is 3.89. The molecule has 9 heteroatoms. The molecule has 0 saturated carbocycles. The van der Waals surface area contributed by atoms with Crippen LogP contribution >= 0.6 is 7.57 Å². The van der Waals surface area contributed by atoms with Gasteiger partial charge in [-0.05, 0) is 19.1 Å². The minimum atomic E-state index is -3.52. The highest BCUT2D eigenvalue weighted by Gasteiger charge is 2.28. The van der Waals surface area contributed by atoms with E-state index in [1.54, 1.807) is 0 Å². The number of nitrogens with zero attached hydrogens (tertiary/aromatic N) is 1. The van der Waals surface area contributed by atoms with Crippen LogP contribution in [0.3, 0.4) is 0 Å². The summed E-state index contributed by atoms with van der Waals surface area (Å²) in [6.07, 6.45) is 4.79. The number of hydrogen-bond acceptors (Lipinski definition) is 6. The fourth-order valence-corrected chi connectivity index (χ4v) is 2.28. The second-order valence-electron chi connectivity index (χ2n) is 4.27. The molecule has 0 aliphatic carbocycles. The molecule has 0 bridgehead atoms. The maximum Gasteiger partial charge on any atom is 0.330 e. The first-order chi connectivity index (χ1) is 8.85. The Morgan fingerprint density at radius 1 is 1.53 bits per heavy atom. The summed E-state index contributed by atoms with van der Waals surface area (Å²) in [5.41, 5.74) is -1.01. The summed E-state index contributed by atoms with van der Waals surface area (Å²) < 4.78 is 11.6. The van der Waals surface area contributed by atoms with E-state index in [0.717, 1.165) is 0 Å². The van der Waals surface area contributed by atoms with Crippen LogP contribution in [0, 0.1) is 0 Å². The lowest BCUT2D eigenvalue weighted by Gasteiger charge is -2.17. The van der Waals surface area contributed by atoms with Crippen molar-refractivity contribution in [2.75, 3.05) is 6.61 Å². The topological polar surface area (TPSA) is 114 Å². The molecule has 1 aromatic heterocycles. The van der Waals surface area contributed by atoms with Crippen LogP contribution in [0.25, 0.3) is 0 Å². The Morgan fingerprint density at radius 2 is 2.26 bits per heavy atom. The van der Waals surface area contributed by atoms with E-state index in [0.29, 0.717) is 12.8 Å². The van der Waals surface area contributed by atoms with Crippen LogP contribution in [0.4, 0.5) is 0 Å². The maximum absolute atomic E-state index is 11.6. The van der Waals surface area contributed by atoms with Crippen molar-refractivity contribution in [2.45, 2.75) is 25.2 Å². The second kappa shape index (κ2) is 5.44. The summed E-state index contributed by atoms with van der Waals surface area (Å²) in [4.78, 5) is 42.7. The van der Waals surface area contributed by atoms with Gasteiger partial charge in [-0.25, -0.2) is 4.79 Å². The molecule has 19 heavy (non-hydrogen) atoms. The van der Waals surface area contributed by atoms with Crippen LogP contribution in [-0.2, 0) is 9.26 Å². The highest BCUT2D eigenvalue weighted by atomic mass is 31.2. The molecule has 1 aromatic rings. The van der Waals surface area contributed by atoms with Crippen LogP contribution in [0.1, 0.15) is 19.1 Å². The van der Waals surface area contributed by atoms with Gasteiger partial charge in [0.1, 0.15) is 6.23 Å². The van der Waals surface area contributed by atoms with Gasteiger partial charge >= 0.3 is 5.69 Å². The smallest absolute Gasteiger partial charge is 0.330 e. The number of nitrogens with one attached hydrogen (secondary N) is 1. The number of aromatic amines is 1. The third-order valence-corrected chi connectivity index (χ3v) is 3.28. The van der Waals surface area contributed by atoms with Crippen molar-refractivity contribution < 1.29 is 19.0 Å². The molecular weight excluding hydrogens is 275 g/mol. The van der Waals surface area contributed by atoms with E-state index in [9.17, 15) is 9.59 Å². The van der Waals surface area contributed by atoms with Gasteiger partial charge in [-0.1, -0.05) is 0 Å². The van der Waals surface area contributed by atoms with Gasteiger partial charge in [-0.3, -0.25) is 14.3 Å². The first-order valence-corrected chi connectivity index (χ1v) is 7.45. The van der Waals surface area contributed by atoms with E-state index < -0.39 is 25.0 Å². The molecule has 0 aromatic carbocycles. The Balaban J connectivity index is 2.00. The minimum absolute atomic E-state index is 0.00111. The predicted octanol–water partition coefficient (Wildman–Crippen LogP) is -0.590.